The molecule has 0 bridgehead atoms. The minimum atomic E-state index is 0.160. The molecule has 2 atom stereocenters. The predicted octanol–water partition coefficient (Wildman–Crippen LogP) is 4.11. The van der Waals surface area contributed by atoms with Gasteiger partial charge in [-0.3, -0.25) is 9.59 Å². The van der Waals surface area contributed by atoms with Crippen LogP contribution in [0.2, 0.25) is 0 Å². The molecule has 2 heteroatoms. The molecule has 2 nitrogen and oxygen atoms in total. The molecule has 0 amide bonds. The molecule has 0 aromatic heterocycles. The molecule has 2 unspecified atom stereocenters. The Kier molecular flexibility index (Phi) is 7.49. The lowest BCUT2D eigenvalue weighted by Crippen LogP contribution is -2.24. The maximum atomic E-state index is 11.1. The van der Waals surface area contributed by atoms with E-state index in [4.69, 9.17) is 0 Å². The van der Waals surface area contributed by atoms with Crippen molar-refractivity contribution >= 4 is 11.6 Å². The van der Waals surface area contributed by atoms with E-state index in [9.17, 15) is 9.59 Å². The molecule has 1 rings (SSSR count). The molecule has 0 saturated heterocycles. The summed E-state index contributed by atoms with van der Waals surface area (Å²) in [6.45, 7) is 14.5. The molecule has 0 heterocycles. The van der Waals surface area contributed by atoms with Gasteiger partial charge in [-0.15, -0.1) is 0 Å². The highest BCUT2D eigenvalue weighted by atomic mass is 16.1. The Morgan fingerprint density at radius 1 is 0.833 bits per heavy atom. The standard InChI is InChI=1S/C10H16O2.C6H10/c1-7(11)9-4-3-5-10(6-9)8(2)12;1-5(2)6(3)4/h9-10H,3-6H2,1-2H3;1,3H2,2,4H3. The van der Waals surface area contributed by atoms with Gasteiger partial charge in [0.15, 0.2) is 0 Å². The molecule has 0 radical (unpaired) electrons. The summed E-state index contributed by atoms with van der Waals surface area (Å²) in [5.41, 5.74) is 2.13. The van der Waals surface area contributed by atoms with E-state index in [0.29, 0.717) is 0 Å². The fraction of sp³-hybridized carbons (Fsp3) is 0.625. The highest BCUT2D eigenvalue weighted by Crippen LogP contribution is 2.29. The lowest BCUT2D eigenvalue weighted by atomic mass is 9.78. The third-order valence-electron chi connectivity index (χ3n) is 3.55. The van der Waals surface area contributed by atoms with Crippen LogP contribution < -0.4 is 0 Å². The van der Waals surface area contributed by atoms with Crippen LogP contribution in [0.5, 0.6) is 0 Å². The summed E-state index contributed by atoms with van der Waals surface area (Å²) in [7, 11) is 0. The van der Waals surface area contributed by atoms with Gasteiger partial charge in [0.25, 0.3) is 0 Å². The maximum Gasteiger partial charge on any atom is 0.132 e. The molecule has 0 N–H and O–H groups in total. The topological polar surface area (TPSA) is 34.1 Å². The van der Waals surface area contributed by atoms with E-state index in [1.807, 2.05) is 13.8 Å². The number of hydrogen-bond donors (Lipinski definition) is 0. The molecule has 0 aliphatic heterocycles. The zero-order valence-corrected chi connectivity index (χ0v) is 12.2. The second kappa shape index (κ2) is 8.02. The SMILES string of the molecule is C=C(C)C(=C)C.CC(=O)C1CCCC(C(C)=O)C1. The van der Waals surface area contributed by atoms with Crippen molar-refractivity contribution in [2.75, 3.05) is 0 Å². The molecule has 18 heavy (non-hydrogen) atoms. The predicted molar refractivity (Wildman–Crippen MR) is 76.4 cm³/mol. The van der Waals surface area contributed by atoms with Crippen LogP contribution in [0, 0.1) is 11.8 Å². The van der Waals surface area contributed by atoms with Crippen molar-refractivity contribution in [1.82, 2.24) is 0 Å². The normalized spacial score (nSPS) is 22.4. The molecule has 1 aliphatic carbocycles. The zero-order chi connectivity index (χ0) is 14.3. The zero-order valence-electron chi connectivity index (χ0n) is 12.2. The molecule has 102 valence electrons. The Labute approximate surface area is 111 Å². The fourth-order valence-electron chi connectivity index (χ4n) is 1.93. The van der Waals surface area contributed by atoms with Crippen LogP contribution in [0.1, 0.15) is 53.4 Å². The van der Waals surface area contributed by atoms with Gasteiger partial charge in [0.05, 0.1) is 0 Å². The van der Waals surface area contributed by atoms with Crippen molar-refractivity contribution in [3.8, 4) is 0 Å². The fourth-order valence-corrected chi connectivity index (χ4v) is 1.93. The van der Waals surface area contributed by atoms with Gasteiger partial charge in [0, 0.05) is 11.8 Å². The van der Waals surface area contributed by atoms with Gasteiger partial charge in [-0.05, 0) is 47.0 Å². The van der Waals surface area contributed by atoms with E-state index >= 15 is 0 Å². The second-order valence-corrected chi connectivity index (χ2v) is 5.34. The minimum absolute atomic E-state index is 0.160. The first kappa shape index (κ1) is 16.8. The van der Waals surface area contributed by atoms with Crippen LogP contribution in [-0.2, 0) is 9.59 Å². The van der Waals surface area contributed by atoms with Gasteiger partial charge < -0.3 is 0 Å². The first-order valence-corrected chi connectivity index (χ1v) is 6.58. The minimum Gasteiger partial charge on any atom is -0.300 e. The number of carbonyl (C=O) groups excluding carboxylic acids is 2. The van der Waals surface area contributed by atoms with Gasteiger partial charge in [-0.25, -0.2) is 0 Å². The number of carbonyl (C=O) groups is 2. The van der Waals surface area contributed by atoms with Crippen LogP contribution in [0.4, 0.5) is 0 Å². The third-order valence-corrected chi connectivity index (χ3v) is 3.55. The monoisotopic (exact) mass is 250 g/mol. The Hall–Kier alpha value is -1.18. The Morgan fingerprint density at radius 3 is 1.39 bits per heavy atom. The Bertz CT molecular complexity index is 307. The van der Waals surface area contributed by atoms with Crippen molar-refractivity contribution in [1.29, 1.82) is 0 Å². The first-order valence-electron chi connectivity index (χ1n) is 6.58. The molecule has 0 spiro atoms. The average Bonchev–Trinajstić information content (AvgIpc) is 2.29. The molecule has 0 aromatic carbocycles. The number of ketones is 2. The van der Waals surface area contributed by atoms with Gasteiger partial charge in [-0.2, -0.15) is 0 Å². The Morgan fingerprint density at radius 2 is 1.17 bits per heavy atom. The van der Waals surface area contributed by atoms with Crippen LogP contribution >= 0.6 is 0 Å². The molecular formula is C16H26O2. The van der Waals surface area contributed by atoms with Gasteiger partial charge in [0.2, 0.25) is 0 Å². The molecule has 0 aromatic rings. The van der Waals surface area contributed by atoms with Gasteiger partial charge >= 0.3 is 0 Å². The van der Waals surface area contributed by atoms with Crippen molar-refractivity contribution in [3.63, 3.8) is 0 Å². The molecule has 1 fully saturated rings. The Balaban J connectivity index is 0.000000411. The number of Topliss-reactive ketones (excluding diaryl/α,β-unsaturated/α-hetero) is 2. The second-order valence-electron chi connectivity index (χ2n) is 5.34. The van der Waals surface area contributed by atoms with Crippen LogP contribution in [0.3, 0.4) is 0 Å². The maximum absolute atomic E-state index is 11.1. The van der Waals surface area contributed by atoms with Gasteiger partial charge in [-0.1, -0.05) is 30.7 Å². The lowest BCUT2D eigenvalue weighted by molar-refractivity contribution is -0.125. The van der Waals surface area contributed by atoms with Crippen molar-refractivity contribution in [3.05, 3.63) is 24.3 Å². The summed E-state index contributed by atoms with van der Waals surface area (Å²) in [5, 5.41) is 0. The van der Waals surface area contributed by atoms with Crippen LogP contribution in [0.15, 0.2) is 24.3 Å². The highest BCUT2D eigenvalue weighted by Gasteiger charge is 2.27. The third kappa shape index (κ3) is 6.53. The smallest absolute Gasteiger partial charge is 0.132 e. The lowest BCUT2D eigenvalue weighted by Gasteiger charge is -2.25. The number of hydrogen-bond acceptors (Lipinski definition) is 2. The number of allylic oxidation sites excluding steroid dienone is 2. The van der Waals surface area contributed by atoms with Crippen LogP contribution in [0.25, 0.3) is 0 Å². The van der Waals surface area contributed by atoms with Crippen molar-refractivity contribution < 1.29 is 9.59 Å². The van der Waals surface area contributed by atoms with Crippen LogP contribution in [-0.4, -0.2) is 11.6 Å². The van der Waals surface area contributed by atoms with E-state index in [-0.39, 0.29) is 23.4 Å². The highest BCUT2D eigenvalue weighted by molar-refractivity contribution is 5.82. The average molecular weight is 250 g/mol. The molecule has 1 aliphatic rings. The van der Waals surface area contributed by atoms with E-state index in [2.05, 4.69) is 13.2 Å². The largest absolute Gasteiger partial charge is 0.300 e. The van der Waals surface area contributed by atoms with E-state index in [1.54, 1.807) is 13.8 Å². The summed E-state index contributed by atoms with van der Waals surface area (Å²) >= 11 is 0. The summed E-state index contributed by atoms with van der Waals surface area (Å²) in [4.78, 5) is 22.1. The van der Waals surface area contributed by atoms with E-state index < -0.39 is 0 Å². The first-order chi connectivity index (χ1) is 8.25. The summed E-state index contributed by atoms with van der Waals surface area (Å²) in [6.07, 6.45) is 3.80. The molecular weight excluding hydrogens is 224 g/mol. The van der Waals surface area contributed by atoms with Crippen molar-refractivity contribution in [2.24, 2.45) is 11.8 Å². The van der Waals surface area contributed by atoms with Gasteiger partial charge in [0.1, 0.15) is 11.6 Å². The number of rotatable bonds is 3. The summed E-state index contributed by atoms with van der Waals surface area (Å²) in [6, 6.07) is 0. The summed E-state index contributed by atoms with van der Waals surface area (Å²) < 4.78 is 0. The van der Waals surface area contributed by atoms with E-state index in [1.165, 1.54) is 0 Å². The van der Waals surface area contributed by atoms with Crippen molar-refractivity contribution in [2.45, 2.75) is 53.4 Å². The quantitative estimate of drug-likeness (QED) is 0.706. The molecule has 1 saturated carbocycles. The van der Waals surface area contributed by atoms with E-state index in [0.717, 1.165) is 36.8 Å². The summed E-state index contributed by atoms with van der Waals surface area (Å²) in [5.74, 6) is 0.821.